The van der Waals surface area contributed by atoms with Gasteiger partial charge >= 0.3 is 0 Å². The highest BCUT2D eigenvalue weighted by Crippen LogP contribution is 2.50. The van der Waals surface area contributed by atoms with E-state index < -0.39 is 0 Å². The van der Waals surface area contributed by atoms with E-state index >= 15 is 0 Å². The van der Waals surface area contributed by atoms with Gasteiger partial charge in [-0.05, 0) is 24.7 Å². The predicted octanol–water partition coefficient (Wildman–Crippen LogP) is 1.26. The van der Waals surface area contributed by atoms with Crippen molar-refractivity contribution in [1.29, 1.82) is 0 Å². The Morgan fingerprint density at radius 1 is 1.71 bits per heavy atom. The molecule has 0 spiro atoms. The standard InChI is InChI=1S/C12H20N4O/c1-4-16-7-9(13)10(15-16)11(17)14-6-8-5-12(8,2)3/h7-8H,4-6,13H2,1-3H3,(H,14,17). The number of carbonyl (C=O) groups is 1. The van der Waals surface area contributed by atoms with E-state index in [-0.39, 0.29) is 5.91 Å². The summed E-state index contributed by atoms with van der Waals surface area (Å²) in [6, 6.07) is 0. The van der Waals surface area contributed by atoms with E-state index in [4.69, 9.17) is 5.73 Å². The Labute approximate surface area is 101 Å². The molecule has 94 valence electrons. The van der Waals surface area contributed by atoms with Crippen LogP contribution < -0.4 is 11.1 Å². The zero-order chi connectivity index (χ0) is 12.6. The van der Waals surface area contributed by atoms with Gasteiger partial charge in [-0.25, -0.2) is 0 Å². The third-order valence-corrected chi connectivity index (χ3v) is 3.56. The second-order valence-electron chi connectivity index (χ2n) is 5.39. The molecular weight excluding hydrogens is 216 g/mol. The summed E-state index contributed by atoms with van der Waals surface area (Å²) in [5.74, 6) is 0.415. The van der Waals surface area contributed by atoms with Crippen molar-refractivity contribution in [2.24, 2.45) is 11.3 Å². The van der Waals surface area contributed by atoms with Crippen molar-refractivity contribution in [1.82, 2.24) is 15.1 Å². The van der Waals surface area contributed by atoms with Crippen molar-refractivity contribution in [2.75, 3.05) is 12.3 Å². The Morgan fingerprint density at radius 2 is 2.35 bits per heavy atom. The molecule has 0 saturated heterocycles. The van der Waals surface area contributed by atoms with E-state index in [1.807, 2.05) is 6.92 Å². The normalized spacial score (nSPS) is 21.2. The minimum Gasteiger partial charge on any atom is -0.396 e. The van der Waals surface area contributed by atoms with Gasteiger partial charge < -0.3 is 11.1 Å². The number of nitrogens with one attached hydrogen (secondary N) is 1. The number of aromatic nitrogens is 2. The summed E-state index contributed by atoms with van der Waals surface area (Å²) in [6.07, 6.45) is 2.86. The molecule has 1 aromatic heterocycles. The molecule has 1 unspecified atom stereocenters. The average Bonchev–Trinajstić information content (AvgIpc) is 2.70. The van der Waals surface area contributed by atoms with Crippen LogP contribution >= 0.6 is 0 Å². The molecule has 1 amide bonds. The van der Waals surface area contributed by atoms with Crippen molar-refractivity contribution < 1.29 is 4.79 Å². The number of rotatable bonds is 4. The summed E-state index contributed by atoms with van der Waals surface area (Å²) < 4.78 is 1.67. The Bertz CT molecular complexity index is 436. The summed E-state index contributed by atoms with van der Waals surface area (Å²) >= 11 is 0. The minimum atomic E-state index is -0.169. The fourth-order valence-electron chi connectivity index (χ4n) is 2.00. The Kier molecular flexibility index (Phi) is 2.85. The van der Waals surface area contributed by atoms with Crippen LogP contribution in [-0.4, -0.2) is 22.2 Å². The SMILES string of the molecule is CCn1cc(N)c(C(=O)NCC2CC2(C)C)n1. The molecule has 0 aliphatic heterocycles. The van der Waals surface area contributed by atoms with Gasteiger partial charge in [0.05, 0.1) is 5.69 Å². The fraction of sp³-hybridized carbons (Fsp3) is 0.667. The molecule has 0 aromatic carbocycles. The molecule has 1 atom stereocenters. The largest absolute Gasteiger partial charge is 0.396 e. The number of nitrogens with zero attached hydrogens (tertiary/aromatic N) is 2. The van der Waals surface area contributed by atoms with Gasteiger partial charge in [-0.1, -0.05) is 13.8 Å². The first-order valence-corrected chi connectivity index (χ1v) is 6.05. The van der Waals surface area contributed by atoms with Crippen LogP contribution in [-0.2, 0) is 6.54 Å². The van der Waals surface area contributed by atoms with Gasteiger partial charge in [-0.2, -0.15) is 5.10 Å². The monoisotopic (exact) mass is 236 g/mol. The smallest absolute Gasteiger partial charge is 0.273 e. The van der Waals surface area contributed by atoms with E-state index in [2.05, 4.69) is 24.3 Å². The lowest BCUT2D eigenvalue weighted by Gasteiger charge is -2.05. The first kappa shape index (κ1) is 12.0. The molecule has 1 heterocycles. The third-order valence-electron chi connectivity index (χ3n) is 3.56. The van der Waals surface area contributed by atoms with Crippen LogP contribution in [0.3, 0.4) is 0 Å². The van der Waals surface area contributed by atoms with Crippen LogP contribution in [0.1, 0.15) is 37.7 Å². The summed E-state index contributed by atoms with van der Waals surface area (Å²) in [7, 11) is 0. The molecule has 0 bridgehead atoms. The van der Waals surface area contributed by atoms with Crippen LogP contribution in [0.4, 0.5) is 5.69 Å². The van der Waals surface area contributed by atoms with Crippen molar-refractivity contribution in [3.05, 3.63) is 11.9 Å². The summed E-state index contributed by atoms with van der Waals surface area (Å²) in [6.45, 7) is 7.81. The maximum absolute atomic E-state index is 11.9. The van der Waals surface area contributed by atoms with Gasteiger partial charge in [0.15, 0.2) is 5.69 Å². The molecule has 3 N–H and O–H groups in total. The van der Waals surface area contributed by atoms with Crippen molar-refractivity contribution in [2.45, 2.75) is 33.7 Å². The van der Waals surface area contributed by atoms with E-state index in [9.17, 15) is 4.79 Å². The van der Waals surface area contributed by atoms with Crippen molar-refractivity contribution >= 4 is 11.6 Å². The molecule has 0 radical (unpaired) electrons. The lowest BCUT2D eigenvalue weighted by molar-refractivity contribution is 0.0945. The molecule has 1 aromatic rings. The highest BCUT2D eigenvalue weighted by atomic mass is 16.2. The Hall–Kier alpha value is -1.52. The minimum absolute atomic E-state index is 0.169. The van der Waals surface area contributed by atoms with Gasteiger partial charge in [0.1, 0.15) is 0 Å². The fourth-order valence-corrected chi connectivity index (χ4v) is 2.00. The molecule has 2 rings (SSSR count). The molecule has 5 heteroatoms. The first-order chi connectivity index (χ1) is 7.94. The summed E-state index contributed by atoms with van der Waals surface area (Å²) in [4.78, 5) is 11.9. The van der Waals surface area contributed by atoms with Crippen molar-refractivity contribution in [3.8, 4) is 0 Å². The molecular formula is C12H20N4O. The third kappa shape index (κ3) is 2.43. The number of amides is 1. The Morgan fingerprint density at radius 3 is 2.82 bits per heavy atom. The molecule has 1 aliphatic rings. The molecule has 1 saturated carbocycles. The van der Waals surface area contributed by atoms with Crippen LogP contribution in [0.25, 0.3) is 0 Å². The molecule has 5 nitrogen and oxygen atoms in total. The Balaban J connectivity index is 1.93. The van der Waals surface area contributed by atoms with E-state index in [0.29, 0.717) is 35.8 Å². The van der Waals surface area contributed by atoms with E-state index in [0.717, 1.165) is 0 Å². The highest BCUT2D eigenvalue weighted by Gasteiger charge is 2.45. The number of nitrogens with two attached hydrogens (primary N) is 1. The van der Waals surface area contributed by atoms with Crippen LogP contribution in [0.15, 0.2) is 6.20 Å². The van der Waals surface area contributed by atoms with E-state index in [1.54, 1.807) is 10.9 Å². The second kappa shape index (κ2) is 4.05. The number of nitrogen functional groups attached to an aromatic ring is 1. The average molecular weight is 236 g/mol. The van der Waals surface area contributed by atoms with Gasteiger partial charge in [-0.15, -0.1) is 0 Å². The topological polar surface area (TPSA) is 72.9 Å². The zero-order valence-electron chi connectivity index (χ0n) is 10.7. The number of carbonyl (C=O) groups excluding carboxylic acids is 1. The predicted molar refractivity (Wildman–Crippen MR) is 66.5 cm³/mol. The van der Waals surface area contributed by atoms with Gasteiger partial charge in [0.25, 0.3) is 5.91 Å². The quantitative estimate of drug-likeness (QED) is 0.826. The van der Waals surface area contributed by atoms with Crippen molar-refractivity contribution in [3.63, 3.8) is 0 Å². The number of hydrogen-bond donors (Lipinski definition) is 2. The maximum atomic E-state index is 11.9. The van der Waals surface area contributed by atoms with E-state index in [1.165, 1.54) is 6.42 Å². The van der Waals surface area contributed by atoms with Gasteiger partial charge in [0, 0.05) is 19.3 Å². The molecule has 17 heavy (non-hydrogen) atoms. The lowest BCUT2D eigenvalue weighted by atomic mass is 10.1. The van der Waals surface area contributed by atoms with Crippen LogP contribution in [0.5, 0.6) is 0 Å². The molecule has 1 fully saturated rings. The summed E-state index contributed by atoms with van der Waals surface area (Å²) in [5, 5.41) is 7.04. The van der Waals surface area contributed by atoms with Gasteiger partial charge in [0.2, 0.25) is 0 Å². The van der Waals surface area contributed by atoms with Gasteiger partial charge in [-0.3, -0.25) is 9.48 Å². The number of hydrogen-bond acceptors (Lipinski definition) is 3. The van der Waals surface area contributed by atoms with Crippen LogP contribution in [0.2, 0.25) is 0 Å². The summed E-state index contributed by atoms with van der Waals surface area (Å²) in [5.41, 5.74) is 6.91. The zero-order valence-corrected chi connectivity index (χ0v) is 10.7. The lowest BCUT2D eigenvalue weighted by Crippen LogP contribution is -2.27. The maximum Gasteiger partial charge on any atom is 0.273 e. The number of anilines is 1. The second-order valence-corrected chi connectivity index (χ2v) is 5.39. The number of aryl methyl sites for hydroxylation is 1. The molecule has 1 aliphatic carbocycles. The first-order valence-electron chi connectivity index (χ1n) is 6.05. The van der Waals surface area contributed by atoms with Crippen LogP contribution in [0, 0.1) is 11.3 Å². The highest BCUT2D eigenvalue weighted by molar-refractivity contribution is 5.97.